The lowest BCUT2D eigenvalue weighted by Crippen LogP contribution is -2.53. The molecule has 0 spiro atoms. The molecule has 1 aromatic rings. The smallest absolute Gasteiger partial charge is 0.292 e. The number of imide groups is 1. The molecule has 0 radical (unpaired) electrons. The van der Waals surface area contributed by atoms with Gasteiger partial charge in [-0.05, 0) is 0 Å². The number of rotatable bonds is 1. The number of amides is 3. The molecule has 9 heteroatoms. The van der Waals surface area contributed by atoms with Gasteiger partial charge in [0, 0.05) is 0 Å². The van der Waals surface area contributed by atoms with Crippen LogP contribution in [0, 0.1) is 0 Å². The second-order valence-electron chi connectivity index (χ2n) is 3.17. The summed E-state index contributed by atoms with van der Waals surface area (Å²) in [5.74, 6) is -1.82. The highest BCUT2D eigenvalue weighted by Gasteiger charge is 2.28. The summed E-state index contributed by atoms with van der Waals surface area (Å²) >= 11 is 0. The monoisotopic (exact) mass is 224 g/mol. The Morgan fingerprint density at radius 1 is 1.31 bits per heavy atom. The molecule has 1 aromatic heterocycles. The van der Waals surface area contributed by atoms with Crippen molar-refractivity contribution < 1.29 is 14.4 Å². The molecule has 1 fully saturated rings. The summed E-state index contributed by atoms with van der Waals surface area (Å²) in [6.45, 7) is -0.379. The molecule has 0 saturated carbocycles. The van der Waals surface area contributed by atoms with Crippen LogP contribution in [0.3, 0.4) is 0 Å². The average molecular weight is 224 g/mol. The second-order valence-corrected chi connectivity index (χ2v) is 3.17. The summed E-state index contributed by atoms with van der Waals surface area (Å²) in [6.07, 6.45) is 0. The SMILES string of the molecule is Nc1n[nH]c(C(=O)N2CC(=O)NC(=O)C2)n1. The van der Waals surface area contributed by atoms with E-state index in [0.29, 0.717) is 0 Å². The number of carbonyl (C=O) groups excluding carboxylic acids is 3. The first kappa shape index (κ1) is 10.1. The average Bonchev–Trinajstić information content (AvgIpc) is 2.62. The maximum atomic E-state index is 11.7. The van der Waals surface area contributed by atoms with Gasteiger partial charge in [-0.1, -0.05) is 0 Å². The van der Waals surface area contributed by atoms with E-state index in [0.717, 1.165) is 4.90 Å². The van der Waals surface area contributed by atoms with E-state index < -0.39 is 17.7 Å². The van der Waals surface area contributed by atoms with Crippen molar-refractivity contribution in [3.05, 3.63) is 5.82 Å². The molecule has 1 saturated heterocycles. The van der Waals surface area contributed by atoms with Crippen molar-refractivity contribution in [3.8, 4) is 0 Å². The van der Waals surface area contributed by atoms with Crippen LogP contribution in [0.5, 0.6) is 0 Å². The molecule has 0 aliphatic carbocycles. The van der Waals surface area contributed by atoms with Crippen molar-refractivity contribution in [2.75, 3.05) is 18.8 Å². The number of nitrogen functional groups attached to an aromatic ring is 1. The van der Waals surface area contributed by atoms with Crippen molar-refractivity contribution in [3.63, 3.8) is 0 Å². The zero-order valence-corrected chi connectivity index (χ0v) is 8.06. The Morgan fingerprint density at radius 3 is 2.44 bits per heavy atom. The van der Waals surface area contributed by atoms with E-state index in [4.69, 9.17) is 5.73 Å². The lowest BCUT2D eigenvalue weighted by atomic mass is 10.3. The van der Waals surface area contributed by atoms with Crippen LogP contribution in [-0.4, -0.2) is 50.9 Å². The van der Waals surface area contributed by atoms with Gasteiger partial charge in [0.15, 0.2) is 0 Å². The minimum absolute atomic E-state index is 0.0730. The number of H-pyrrole nitrogens is 1. The molecule has 3 amide bonds. The topological polar surface area (TPSA) is 134 Å². The second kappa shape index (κ2) is 3.61. The molecule has 2 rings (SSSR count). The van der Waals surface area contributed by atoms with E-state index >= 15 is 0 Å². The van der Waals surface area contributed by atoms with Crippen molar-refractivity contribution in [2.45, 2.75) is 0 Å². The van der Waals surface area contributed by atoms with Gasteiger partial charge in [-0.15, -0.1) is 5.10 Å². The predicted molar refractivity (Wildman–Crippen MR) is 49.8 cm³/mol. The first-order chi connectivity index (χ1) is 7.56. The van der Waals surface area contributed by atoms with Gasteiger partial charge in [0.2, 0.25) is 23.6 Å². The molecule has 0 atom stereocenters. The van der Waals surface area contributed by atoms with Gasteiger partial charge in [0.25, 0.3) is 5.91 Å². The fraction of sp³-hybridized carbons (Fsp3) is 0.286. The molecule has 4 N–H and O–H groups in total. The fourth-order valence-corrected chi connectivity index (χ4v) is 1.30. The number of anilines is 1. The lowest BCUT2D eigenvalue weighted by molar-refractivity contribution is -0.135. The first-order valence-electron chi connectivity index (χ1n) is 4.36. The highest BCUT2D eigenvalue weighted by atomic mass is 16.2. The lowest BCUT2D eigenvalue weighted by Gasteiger charge is -2.24. The summed E-state index contributed by atoms with van der Waals surface area (Å²) in [4.78, 5) is 38.4. The molecule has 0 bridgehead atoms. The number of hydrogen-bond acceptors (Lipinski definition) is 6. The van der Waals surface area contributed by atoms with E-state index in [1.807, 2.05) is 0 Å². The number of aromatic amines is 1. The quantitative estimate of drug-likeness (QED) is 0.451. The first-order valence-corrected chi connectivity index (χ1v) is 4.36. The summed E-state index contributed by atoms with van der Waals surface area (Å²) in [5, 5.41) is 7.87. The number of carbonyl (C=O) groups is 3. The molecule has 0 unspecified atom stereocenters. The zero-order chi connectivity index (χ0) is 11.7. The zero-order valence-electron chi connectivity index (χ0n) is 8.06. The Kier molecular flexibility index (Phi) is 2.27. The summed E-state index contributed by atoms with van der Waals surface area (Å²) in [6, 6.07) is 0. The van der Waals surface area contributed by atoms with E-state index in [9.17, 15) is 14.4 Å². The summed E-state index contributed by atoms with van der Waals surface area (Å²) < 4.78 is 0. The van der Waals surface area contributed by atoms with E-state index in [1.165, 1.54) is 0 Å². The van der Waals surface area contributed by atoms with Crippen LogP contribution in [0.2, 0.25) is 0 Å². The van der Waals surface area contributed by atoms with Gasteiger partial charge in [0.05, 0.1) is 0 Å². The highest BCUT2D eigenvalue weighted by Crippen LogP contribution is 2.02. The van der Waals surface area contributed by atoms with Crippen LogP contribution in [0.15, 0.2) is 0 Å². The highest BCUT2D eigenvalue weighted by molar-refractivity contribution is 6.04. The van der Waals surface area contributed by atoms with Crippen LogP contribution >= 0.6 is 0 Å². The van der Waals surface area contributed by atoms with Crippen LogP contribution < -0.4 is 11.1 Å². The van der Waals surface area contributed by atoms with Crippen LogP contribution in [0.25, 0.3) is 0 Å². The number of aromatic nitrogens is 3. The standard InChI is InChI=1S/C7H8N6O3/c8-7-10-5(11-12-7)6(16)13-1-3(14)9-4(15)2-13/h1-2H2,(H,9,14,15)(H3,8,10,11,12). The maximum Gasteiger partial charge on any atom is 0.292 e. The minimum atomic E-state index is -0.590. The van der Waals surface area contributed by atoms with Gasteiger partial charge < -0.3 is 10.6 Å². The van der Waals surface area contributed by atoms with Gasteiger partial charge in [-0.25, -0.2) is 0 Å². The predicted octanol–water partition coefficient (Wildman–Crippen LogP) is -2.51. The van der Waals surface area contributed by atoms with Crippen molar-refractivity contribution in [1.82, 2.24) is 25.4 Å². The number of nitrogens with zero attached hydrogens (tertiary/aromatic N) is 3. The fourth-order valence-electron chi connectivity index (χ4n) is 1.30. The van der Waals surface area contributed by atoms with E-state index in [1.54, 1.807) is 0 Å². The summed E-state index contributed by atoms with van der Waals surface area (Å²) in [7, 11) is 0. The van der Waals surface area contributed by atoms with Gasteiger partial charge >= 0.3 is 0 Å². The number of hydrogen-bond donors (Lipinski definition) is 3. The third-order valence-corrected chi connectivity index (χ3v) is 1.94. The molecule has 2 heterocycles. The number of nitrogens with two attached hydrogens (primary N) is 1. The van der Waals surface area contributed by atoms with Crippen LogP contribution in [0.4, 0.5) is 5.95 Å². The van der Waals surface area contributed by atoms with Crippen molar-refractivity contribution >= 4 is 23.7 Å². The normalized spacial score (nSPS) is 16.1. The molecule has 16 heavy (non-hydrogen) atoms. The Labute approximate surface area is 89.0 Å². The maximum absolute atomic E-state index is 11.7. The molecular weight excluding hydrogens is 216 g/mol. The molecule has 1 aliphatic heterocycles. The Bertz CT molecular complexity index is 450. The van der Waals surface area contributed by atoms with Crippen molar-refractivity contribution in [2.24, 2.45) is 0 Å². The Hall–Kier alpha value is -2.45. The van der Waals surface area contributed by atoms with Crippen molar-refractivity contribution in [1.29, 1.82) is 0 Å². The largest absolute Gasteiger partial charge is 0.366 e. The Balaban J connectivity index is 2.15. The van der Waals surface area contributed by atoms with Gasteiger partial charge in [-0.2, -0.15) is 4.98 Å². The number of nitrogens with one attached hydrogen (secondary N) is 2. The third-order valence-electron chi connectivity index (χ3n) is 1.94. The number of piperazine rings is 1. The van der Waals surface area contributed by atoms with E-state index in [-0.39, 0.29) is 24.9 Å². The van der Waals surface area contributed by atoms with Gasteiger partial charge in [0.1, 0.15) is 13.1 Å². The van der Waals surface area contributed by atoms with Gasteiger partial charge in [-0.3, -0.25) is 24.8 Å². The summed E-state index contributed by atoms with van der Waals surface area (Å²) in [5.41, 5.74) is 5.23. The minimum Gasteiger partial charge on any atom is -0.366 e. The molecule has 9 nitrogen and oxygen atoms in total. The molecule has 0 aromatic carbocycles. The Morgan fingerprint density at radius 2 is 1.94 bits per heavy atom. The molecule has 84 valence electrons. The third kappa shape index (κ3) is 1.82. The molecular formula is C7H8N6O3. The van der Waals surface area contributed by atoms with E-state index in [2.05, 4.69) is 20.5 Å². The van der Waals surface area contributed by atoms with Crippen LogP contribution in [0.1, 0.15) is 10.6 Å². The molecule has 1 aliphatic rings. The van der Waals surface area contributed by atoms with Crippen LogP contribution in [-0.2, 0) is 9.59 Å².